The number of ether oxygens (including phenoxy) is 2. The maximum absolute atomic E-state index is 13.1. The van der Waals surface area contributed by atoms with E-state index >= 15 is 0 Å². The van der Waals surface area contributed by atoms with Gasteiger partial charge in [0, 0.05) is 31.5 Å². The molecule has 2 aliphatic heterocycles. The molecule has 3 heterocycles. The molecular formula is C22H27FN4O3. The number of benzene rings is 1. The Labute approximate surface area is 175 Å². The number of nitrogens with one attached hydrogen (secondary N) is 1. The van der Waals surface area contributed by atoms with E-state index in [1.54, 1.807) is 4.90 Å². The Bertz CT molecular complexity index is 863. The van der Waals surface area contributed by atoms with Crippen LogP contribution < -0.4 is 14.8 Å². The normalized spacial score (nSPS) is 18.3. The maximum atomic E-state index is 13.1. The first-order chi connectivity index (χ1) is 14.6. The maximum Gasteiger partial charge on any atom is 0.253 e. The van der Waals surface area contributed by atoms with Gasteiger partial charge in [0.1, 0.15) is 24.4 Å². The van der Waals surface area contributed by atoms with E-state index < -0.39 is 0 Å². The molecule has 0 spiro atoms. The van der Waals surface area contributed by atoms with Crippen molar-refractivity contribution in [3.05, 3.63) is 47.5 Å². The molecule has 160 valence electrons. The minimum absolute atomic E-state index is 0.0254. The third-order valence-electron chi connectivity index (χ3n) is 5.65. The Morgan fingerprint density at radius 2 is 1.57 bits per heavy atom. The third-order valence-corrected chi connectivity index (χ3v) is 5.65. The summed E-state index contributed by atoms with van der Waals surface area (Å²) in [7, 11) is 0. The van der Waals surface area contributed by atoms with Crippen LogP contribution in [-0.2, 0) is 0 Å². The van der Waals surface area contributed by atoms with Crippen molar-refractivity contribution in [2.45, 2.75) is 44.8 Å². The molecule has 4 rings (SSSR count). The number of rotatable bonds is 5. The van der Waals surface area contributed by atoms with Crippen LogP contribution in [0.5, 0.6) is 11.8 Å². The van der Waals surface area contributed by atoms with E-state index in [-0.39, 0.29) is 23.9 Å². The number of carbonyl (C=O) groups excluding carboxylic acids is 1. The van der Waals surface area contributed by atoms with Gasteiger partial charge in [-0.3, -0.25) is 4.79 Å². The van der Waals surface area contributed by atoms with Crippen LogP contribution in [0.2, 0.25) is 0 Å². The Morgan fingerprint density at radius 3 is 2.17 bits per heavy atom. The van der Waals surface area contributed by atoms with Crippen molar-refractivity contribution in [3.8, 4) is 11.8 Å². The molecule has 2 saturated heterocycles. The lowest BCUT2D eigenvalue weighted by Gasteiger charge is -2.32. The molecule has 1 aromatic heterocycles. The number of amides is 1. The second kappa shape index (κ2) is 9.38. The molecule has 2 fully saturated rings. The number of likely N-dealkylation sites (tertiary alicyclic amines) is 1. The van der Waals surface area contributed by atoms with Gasteiger partial charge in [0.15, 0.2) is 0 Å². The van der Waals surface area contributed by atoms with E-state index in [2.05, 4.69) is 15.3 Å². The van der Waals surface area contributed by atoms with E-state index in [1.165, 1.54) is 30.6 Å². The zero-order chi connectivity index (χ0) is 20.9. The van der Waals surface area contributed by atoms with Crippen LogP contribution in [0.4, 0.5) is 4.39 Å². The summed E-state index contributed by atoms with van der Waals surface area (Å²) in [4.78, 5) is 23.0. The molecule has 0 unspecified atom stereocenters. The van der Waals surface area contributed by atoms with Crippen molar-refractivity contribution in [3.63, 3.8) is 0 Å². The van der Waals surface area contributed by atoms with Gasteiger partial charge < -0.3 is 19.7 Å². The Balaban J connectivity index is 1.33. The summed E-state index contributed by atoms with van der Waals surface area (Å²) >= 11 is 0. The second-order valence-electron chi connectivity index (χ2n) is 7.79. The molecule has 8 heteroatoms. The standard InChI is InChI=1S/C22H27FN4O3/c1-15-20(29-18-6-10-24-11-7-18)25-14-26-21(15)30-19-8-12-27(13-9-19)22(28)16-2-4-17(23)5-3-16/h2-5,14,18-19,24H,6-13H2,1H3. The number of piperidine rings is 2. The van der Waals surface area contributed by atoms with Gasteiger partial charge in [-0.1, -0.05) is 0 Å². The molecule has 1 aromatic carbocycles. The van der Waals surface area contributed by atoms with Crippen LogP contribution in [-0.4, -0.2) is 59.2 Å². The minimum Gasteiger partial charge on any atom is -0.474 e. The quantitative estimate of drug-likeness (QED) is 0.811. The van der Waals surface area contributed by atoms with Crippen molar-refractivity contribution in [1.29, 1.82) is 0 Å². The number of halogens is 1. The summed E-state index contributed by atoms with van der Waals surface area (Å²) in [5.41, 5.74) is 1.31. The largest absolute Gasteiger partial charge is 0.474 e. The van der Waals surface area contributed by atoms with Crippen LogP contribution in [0.25, 0.3) is 0 Å². The summed E-state index contributed by atoms with van der Waals surface area (Å²) in [5.74, 6) is 0.694. The molecule has 7 nitrogen and oxygen atoms in total. The van der Waals surface area contributed by atoms with Crippen molar-refractivity contribution in [1.82, 2.24) is 20.2 Å². The van der Waals surface area contributed by atoms with Gasteiger partial charge in [-0.25, -0.2) is 14.4 Å². The van der Waals surface area contributed by atoms with Crippen molar-refractivity contribution in [2.24, 2.45) is 0 Å². The summed E-state index contributed by atoms with van der Waals surface area (Å²) in [6.07, 6.45) is 4.95. The highest BCUT2D eigenvalue weighted by atomic mass is 19.1. The second-order valence-corrected chi connectivity index (χ2v) is 7.79. The Hall–Kier alpha value is -2.74. The highest BCUT2D eigenvalue weighted by molar-refractivity contribution is 5.94. The first kappa shape index (κ1) is 20.5. The average Bonchev–Trinajstić information content (AvgIpc) is 2.78. The van der Waals surface area contributed by atoms with Crippen LogP contribution in [0, 0.1) is 12.7 Å². The van der Waals surface area contributed by atoms with Crippen LogP contribution in [0.15, 0.2) is 30.6 Å². The zero-order valence-electron chi connectivity index (χ0n) is 17.1. The van der Waals surface area contributed by atoms with E-state index in [1.807, 2.05) is 6.92 Å². The average molecular weight is 414 g/mol. The van der Waals surface area contributed by atoms with E-state index in [0.717, 1.165) is 31.5 Å². The SMILES string of the molecule is Cc1c(OC2CCNCC2)ncnc1OC1CCN(C(=O)c2ccc(F)cc2)CC1. The van der Waals surface area contributed by atoms with Crippen molar-refractivity contribution < 1.29 is 18.7 Å². The predicted molar refractivity (Wildman–Crippen MR) is 109 cm³/mol. The Morgan fingerprint density at radius 1 is 1.00 bits per heavy atom. The van der Waals surface area contributed by atoms with Gasteiger partial charge in [0.25, 0.3) is 5.91 Å². The fourth-order valence-electron chi connectivity index (χ4n) is 3.84. The van der Waals surface area contributed by atoms with Gasteiger partial charge in [0.05, 0.1) is 5.56 Å². The number of hydrogen-bond donors (Lipinski definition) is 1. The lowest BCUT2D eigenvalue weighted by Crippen LogP contribution is -2.42. The Kier molecular flexibility index (Phi) is 6.42. The summed E-state index contributed by atoms with van der Waals surface area (Å²) < 4.78 is 25.3. The highest BCUT2D eigenvalue weighted by Gasteiger charge is 2.26. The summed E-state index contributed by atoms with van der Waals surface area (Å²) in [6.45, 7) is 4.99. The predicted octanol–water partition coefficient (Wildman–Crippen LogP) is 2.74. The van der Waals surface area contributed by atoms with Gasteiger partial charge in [-0.05, 0) is 57.1 Å². The number of carbonyl (C=O) groups is 1. The van der Waals surface area contributed by atoms with Crippen LogP contribution in [0.3, 0.4) is 0 Å². The van der Waals surface area contributed by atoms with Gasteiger partial charge >= 0.3 is 0 Å². The molecule has 0 bridgehead atoms. The zero-order valence-corrected chi connectivity index (χ0v) is 17.1. The molecule has 30 heavy (non-hydrogen) atoms. The van der Waals surface area contributed by atoms with Gasteiger partial charge in [-0.15, -0.1) is 0 Å². The number of nitrogens with zero attached hydrogens (tertiary/aromatic N) is 3. The number of hydrogen-bond acceptors (Lipinski definition) is 6. The fraction of sp³-hybridized carbons (Fsp3) is 0.500. The first-order valence-corrected chi connectivity index (χ1v) is 10.5. The molecule has 2 aromatic rings. The molecular weight excluding hydrogens is 387 g/mol. The minimum atomic E-state index is -0.345. The highest BCUT2D eigenvalue weighted by Crippen LogP contribution is 2.27. The molecule has 0 aliphatic carbocycles. The monoisotopic (exact) mass is 414 g/mol. The van der Waals surface area contributed by atoms with Crippen LogP contribution in [0.1, 0.15) is 41.6 Å². The molecule has 0 saturated carbocycles. The van der Waals surface area contributed by atoms with E-state index in [9.17, 15) is 9.18 Å². The molecule has 2 aliphatic rings. The fourth-order valence-corrected chi connectivity index (χ4v) is 3.84. The van der Waals surface area contributed by atoms with Gasteiger partial charge in [0.2, 0.25) is 11.8 Å². The topological polar surface area (TPSA) is 76.6 Å². The molecule has 1 N–H and O–H groups in total. The summed E-state index contributed by atoms with van der Waals surface area (Å²) in [5, 5.41) is 3.32. The lowest BCUT2D eigenvalue weighted by molar-refractivity contribution is 0.0584. The van der Waals surface area contributed by atoms with Crippen LogP contribution >= 0.6 is 0 Å². The van der Waals surface area contributed by atoms with Crippen molar-refractivity contribution in [2.75, 3.05) is 26.2 Å². The lowest BCUT2D eigenvalue weighted by atomic mass is 10.1. The van der Waals surface area contributed by atoms with E-state index in [0.29, 0.717) is 43.3 Å². The molecule has 0 atom stereocenters. The number of aromatic nitrogens is 2. The molecule has 1 amide bonds. The van der Waals surface area contributed by atoms with Crippen molar-refractivity contribution >= 4 is 5.91 Å². The first-order valence-electron chi connectivity index (χ1n) is 10.5. The summed E-state index contributed by atoms with van der Waals surface area (Å²) in [6, 6.07) is 5.66. The van der Waals surface area contributed by atoms with E-state index in [4.69, 9.17) is 9.47 Å². The smallest absolute Gasteiger partial charge is 0.253 e. The third kappa shape index (κ3) is 4.87. The van der Waals surface area contributed by atoms with Gasteiger partial charge in [-0.2, -0.15) is 0 Å². The molecule has 0 radical (unpaired) electrons.